The summed E-state index contributed by atoms with van der Waals surface area (Å²) in [5, 5.41) is 13.8. The molecule has 0 heterocycles. The van der Waals surface area contributed by atoms with Gasteiger partial charge in [-0.3, -0.25) is 0 Å². The fourth-order valence-electron chi connectivity index (χ4n) is 1.76. The highest BCUT2D eigenvalue weighted by Crippen LogP contribution is 2.31. The van der Waals surface area contributed by atoms with Gasteiger partial charge in [0.05, 0.1) is 6.04 Å². The maximum atomic E-state index is 9.84. The van der Waals surface area contributed by atoms with Gasteiger partial charge in [0.15, 0.2) is 0 Å². The van der Waals surface area contributed by atoms with E-state index < -0.39 is 0 Å². The minimum atomic E-state index is -0.0394. The number of halogens is 2. The second-order valence-corrected chi connectivity index (χ2v) is 5.34. The van der Waals surface area contributed by atoms with Crippen LogP contribution in [0.3, 0.4) is 0 Å². The maximum absolute atomic E-state index is 9.84. The molecule has 94 valence electrons. The largest absolute Gasteiger partial charge is 0.508 e. The van der Waals surface area contributed by atoms with Crippen molar-refractivity contribution in [2.24, 2.45) is 0 Å². The molecule has 0 fully saturated rings. The van der Waals surface area contributed by atoms with Gasteiger partial charge in [0, 0.05) is 20.7 Å². The van der Waals surface area contributed by atoms with E-state index in [0.29, 0.717) is 5.02 Å². The molecule has 2 rings (SSSR count). The monoisotopic (exact) mass is 325 g/mol. The van der Waals surface area contributed by atoms with E-state index in [1.54, 1.807) is 18.2 Å². The molecule has 0 radical (unpaired) electrons. The Balaban J connectivity index is 2.25. The lowest BCUT2D eigenvalue weighted by Crippen LogP contribution is -2.07. The molecule has 4 heteroatoms. The first-order valence-corrected chi connectivity index (χ1v) is 6.74. The molecular weight excluding hydrogens is 314 g/mol. The number of phenolic OH excluding ortho intramolecular Hbond substituents is 1. The van der Waals surface area contributed by atoms with Crippen LogP contribution in [0.2, 0.25) is 5.02 Å². The fourth-order valence-corrected chi connectivity index (χ4v) is 2.34. The van der Waals surface area contributed by atoms with Crippen molar-refractivity contribution in [1.82, 2.24) is 0 Å². The zero-order valence-corrected chi connectivity index (χ0v) is 12.2. The molecule has 2 nitrogen and oxygen atoms in total. The van der Waals surface area contributed by atoms with Gasteiger partial charge in [0.25, 0.3) is 0 Å². The molecule has 0 saturated heterocycles. The highest BCUT2D eigenvalue weighted by molar-refractivity contribution is 9.10. The zero-order chi connectivity index (χ0) is 13.1. The standard InChI is InChI=1S/C14H13BrClNO/c1-9(11-8-10(16)6-7-14(11)18)17-13-5-3-2-4-12(13)15/h2-9,17-18H,1H3/t9-/m1/s1. The average molecular weight is 327 g/mol. The Morgan fingerprint density at radius 3 is 2.67 bits per heavy atom. The van der Waals surface area contributed by atoms with Crippen molar-refractivity contribution in [2.75, 3.05) is 5.32 Å². The van der Waals surface area contributed by atoms with Crippen molar-refractivity contribution < 1.29 is 5.11 Å². The number of benzene rings is 2. The van der Waals surface area contributed by atoms with Gasteiger partial charge in [-0.15, -0.1) is 0 Å². The van der Waals surface area contributed by atoms with Crippen LogP contribution in [-0.2, 0) is 0 Å². The highest BCUT2D eigenvalue weighted by atomic mass is 79.9. The van der Waals surface area contributed by atoms with Gasteiger partial charge in [-0.05, 0) is 53.2 Å². The second-order valence-electron chi connectivity index (χ2n) is 4.05. The number of hydrogen-bond donors (Lipinski definition) is 2. The van der Waals surface area contributed by atoms with Crippen LogP contribution < -0.4 is 5.32 Å². The summed E-state index contributed by atoms with van der Waals surface area (Å²) < 4.78 is 0.985. The Morgan fingerprint density at radius 2 is 1.94 bits per heavy atom. The smallest absolute Gasteiger partial charge is 0.120 e. The number of hydrogen-bond acceptors (Lipinski definition) is 2. The van der Waals surface area contributed by atoms with Crippen LogP contribution in [-0.4, -0.2) is 5.11 Å². The van der Waals surface area contributed by atoms with Crippen LogP contribution in [0.4, 0.5) is 5.69 Å². The fraction of sp³-hybridized carbons (Fsp3) is 0.143. The van der Waals surface area contributed by atoms with Crippen molar-refractivity contribution in [1.29, 1.82) is 0 Å². The normalized spacial score (nSPS) is 12.2. The minimum Gasteiger partial charge on any atom is -0.508 e. The number of para-hydroxylation sites is 1. The van der Waals surface area contributed by atoms with Crippen LogP contribution in [0, 0.1) is 0 Å². The van der Waals surface area contributed by atoms with E-state index in [1.165, 1.54) is 0 Å². The number of phenols is 1. The lowest BCUT2D eigenvalue weighted by atomic mass is 10.1. The summed E-state index contributed by atoms with van der Waals surface area (Å²) in [6.07, 6.45) is 0. The van der Waals surface area contributed by atoms with E-state index >= 15 is 0 Å². The van der Waals surface area contributed by atoms with Gasteiger partial charge in [0.2, 0.25) is 0 Å². The lowest BCUT2D eigenvalue weighted by Gasteiger charge is -2.18. The van der Waals surface area contributed by atoms with E-state index in [0.717, 1.165) is 15.7 Å². The third-order valence-electron chi connectivity index (χ3n) is 2.70. The average Bonchev–Trinajstić information content (AvgIpc) is 2.35. The Labute approximate surface area is 120 Å². The van der Waals surface area contributed by atoms with Crippen molar-refractivity contribution in [3.63, 3.8) is 0 Å². The van der Waals surface area contributed by atoms with E-state index in [1.807, 2.05) is 31.2 Å². The molecule has 0 aliphatic heterocycles. The summed E-state index contributed by atoms with van der Waals surface area (Å²) in [5.74, 6) is 0.242. The summed E-state index contributed by atoms with van der Waals surface area (Å²) in [5.41, 5.74) is 1.75. The lowest BCUT2D eigenvalue weighted by molar-refractivity contribution is 0.465. The first-order chi connectivity index (χ1) is 8.58. The van der Waals surface area contributed by atoms with Crippen LogP contribution in [0.5, 0.6) is 5.75 Å². The summed E-state index contributed by atoms with van der Waals surface area (Å²) in [7, 11) is 0. The predicted octanol–water partition coefficient (Wildman–Crippen LogP) is 4.98. The quantitative estimate of drug-likeness (QED) is 0.833. The van der Waals surface area contributed by atoms with Gasteiger partial charge in [-0.2, -0.15) is 0 Å². The zero-order valence-electron chi connectivity index (χ0n) is 9.82. The summed E-state index contributed by atoms with van der Waals surface area (Å²) >= 11 is 9.43. The maximum Gasteiger partial charge on any atom is 0.120 e. The Morgan fingerprint density at radius 1 is 1.22 bits per heavy atom. The molecule has 1 atom stereocenters. The molecule has 0 saturated carbocycles. The van der Waals surface area contributed by atoms with Crippen LogP contribution in [0.25, 0.3) is 0 Å². The first-order valence-electron chi connectivity index (χ1n) is 5.57. The van der Waals surface area contributed by atoms with Gasteiger partial charge >= 0.3 is 0 Å². The van der Waals surface area contributed by atoms with Gasteiger partial charge in [0.1, 0.15) is 5.75 Å². The number of aromatic hydroxyl groups is 1. The first kappa shape index (κ1) is 13.2. The SMILES string of the molecule is C[C@@H](Nc1ccccc1Br)c1cc(Cl)ccc1O. The molecule has 2 aromatic carbocycles. The molecule has 0 bridgehead atoms. The Hall–Kier alpha value is -1.19. The van der Waals surface area contributed by atoms with Crippen LogP contribution in [0.15, 0.2) is 46.9 Å². The number of rotatable bonds is 3. The molecule has 0 aromatic heterocycles. The predicted molar refractivity (Wildman–Crippen MR) is 79.3 cm³/mol. The van der Waals surface area contributed by atoms with Gasteiger partial charge in [-0.1, -0.05) is 23.7 Å². The molecule has 0 unspecified atom stereocenters. The highest BCUT2D eigenvalue weighted by Gasteiger charge is 2.11. The molecule has 0 spiro atoms. The van der Waals surface area contributed by atoms with Crippen molar-refractivity contribution in [3.05, 3.63) is 57.5 Å². The summed E-state index contributed by atoms with van der Waals surface area (Å²) in [6, 6.07) is 12.9. The minimum absolute atomic E-state index is 0.0394. The molecular formula is C14H13BrClNO. The van der Waals surface area contributed by atoms with E-state index in [2.05, 4.69) is 21.2 Å². The number of nitrogens with one attached hydrogen (secondary N) is 1. The topological polar surface area (TPSA) is 32.3 Å². The van der Waals surface area contributed by atoms with E-state index in [9.17, 15) is 5.11 Å². The van der Waals surface area contributed by atoms with Crippen LogP contribution >= 0.6 is 27.5 Å². The molecule has 2 N–H and O–H groups in total. The van der Waals surface area contributed by atoms with Crippen molar-refractivity contribution in [2.45, 2.75) is 13.0 Å². The van der Waals surface area contributed by atoms with E-state index in [-0.39, 0.29) is 11.8 Å². The Bertz CT molecular complexity index is 559. The molecule has 0 amide bonds. The Kier molecular flexibility index (Phi) is 4.15. The summed E-state index contributed by atoms with van der Waals surface area (Å²) in [6.45, 7) is 1.98. The van der Waals surface area contributed by atoms with E-state index in [4.69, 9.17) is 11.6 Å². The second kappa shape index (κ2) is 5.63. The van der Waals surface area contributed by atoms with Crippen LogP contribution in [0.1, 0.15) is 18.5 Å². The van der Waals surface area contributed by atoms with Gasteiger partial charge in [-0.25, -0.2) is 0 Å². The summed E-state index contributed by atoms with van der Waals surface area (Å²) in [4.78, 5) is 0. The molecule has 18 heavy (non-hydrogen) atoms. The van der Waals surface area contributed by atoms with Gasteiger partial charge < -0.3 is 10.4 Å². The third kappa shape index (κ3) is 2.98. The molecule has 0 aliphatic carbocycles. The molecule has 0 aliphatic rings. The number of anilines is 1. The van der Waals surface area contributed by atoms with Crippen molar-refractivity contribution in [3.8, 4) is 5.75 Å². The molecule has 2 aromatic rings. The third-order valence-corrected chi connectivity index (χ3v) is 3.63. The van der Waals surface area contributed by atoms with Crippen molar-refractivity contribution >= 4 is 33.2 Å².